The van der Waals surface area contributed by atoms with Crippen LogP contribution in [0.3, 0.4) is 0 Å². The van der Waals surface area contributed by atoms with E-state index in [0.29, 0.717) is 6.61 Å². The molecule has 0 saturated heterocycles. The molecule has 0 fully saturated rings. The molecule has 0 spiro atoms. The summed E-state index contributed by atoms with van der Waals surface area (Å²) in [6.07, 6.45) is 1.85. The maximum absolute atomic E-state index is 6.08. The van der Waals surface area contributed by atoms with Crippen LogP contribution >= 0.6 is 11.6 Å². The fourth-order valence-electron chi connectivity index (χ4n) is 1.84. The molecule has 1 unspecified atom stereocenters. The summed E-state index contributed by atoms with van der Waals surface area (Å²) in [6, 6.07) is 6.18. The van der Waals surface area contributed by atoms with Crippen LogP contribution < -0.4 is 10.6 Å². The molecule has 0 aliphatic heterocycles. The molecule has 1 atom stereocenters. The van der Waals surface area contributed by atoms with E-state index in [4.69, 9.17) is 22.1 Å². The molecule has 1 aromatic carbocycles. The summed E-state index contributed by atoms with van der Waals surface area (Å²) in [5, 5.41) is 0.753. The van der Waals surface area contributed by atoms with E-state index < -0.39 is 0 Å². The van der Waals surface area contributed by atoms with Crippen molar-refractivity contribution in [3.63, 3.8) is 0 Å². The zero-order valence-corrected chi connectivity index (χ0v) is 12.2. The fraction of sp³-hybridized carbons (Fsp3) is 0.571. The second kappa shape index (κ2) is 7.62. The SMILES string of the molecule is CCC(N)Cc1ccc(Cl)cc1N(C)CCOC. The van der Waals surface area contributed by atoms with Crippen molar-refractivity contribution in [2.75, 3.05) is 32.2 Å². The molecule has 18 heavy (non-hydrogen) atoms. The first-order chi connectivity index (χ1) is 8.58. The minimum Gasteiger partial charge on any atom is -0.383 e. The summed E-state index contributed by atoms with van der Waals surface area (Å²) in [5.41, 5.74) is 8.42. The van der Waals surface area contributed by atoms with Gasteiger partial charge < -0.3 is 15.4 Å². The Morgan fingerprint density at radius 3 is 2.78 bits per heavy atom. The average molecular weight is 271 g/mol. The first-order valence-electron chi connectivity index (χ1n) is 6.32. The number of rotatable bonds is 7. The number of benzene rings is 1. The minimum atomic E-state index is 0.195. The smallest absolute Gasteiger partial charge is 0.0637 e. The molecule has 0 aliphatic rings. The Labute approximate surface area is 115 Å². The highest BCUT2D eigenvalue weighted by atomic mass is 35.5. The van der Waals surface area contributed by atoms with Crippen LogP contribution in [0, 0.1) is 0 Å². The van der Waals surface area contributed by atoms with Crippen LogP contribution in [0.2, 0.25) is 5.02 Å². The summed E-state index contributed by atoms with van der Waals surface area (Å²) in [5.74, 6) is 0. The molecular formula is C14H23ClN2O. The van der Waals surface area contributed by atoms with Crippen molar-refractivity contribution in [1.82, 2.24) is 0 Å². The van der Waals surface area contributed by atoms with Crippen LogP contribution in [0.15, 0.2) is 18.2 Å². The van der Waals surface area contributed by atoms with Gasteiger partial charge in [0.2, 0.25) is 0 Å². The summed E-state index contributed by atoms with van der Waals surface area (Å²) >= 11 is 6.08. The van der Waals surface area contributed by atoms with Gasteiger partial charge in [0.1, 0.15) is 0 Å². The van der Waals surface area contributed by atoms with E-state index in [-0.39, 0.29) is 6.04 Å². The van der Waals surface area contributed by atoms with Gasteiger partial charge in [0, 0.05) is 37.5 Å². The van der Waals surface area contributed by atoms with Crippen molar-refractivity contribution >= 4 is 17.3 Å². The van der Waals surface area contributed by atoms with E-state index >= 15 is 0 Å². The first-order valence-corrected chi connectivity index (χ1v) is 6.70. The molecule has 2 N–H and O–H groups in total. The summed E-state index contributed by atoms with van der Waals surface area (Å²) in [4.78, 5) is 2.16. The van der Waals surface area contributed by atoms with Crippen LogP contribution in [-0.4, -0.2) is 33.4 Å². The van der Waals surface area contributed by atoms with Crippen LogP contribution in [0.5, 0.6) is 0 Å². The van der Waals surface area contributed by atoms with Crippen LogP contribution in [-0.2, 0) is 11.2 Å². The lowest BCUT2D eigenvalue weighted by Gasteiger charge is -2.23. The van der Waals surface area contributed by atoms with Gasteiger partial charge in [-0.25, -0.2) is 0 Å². The third-order valence-electron chi connectivity index (χ3n) is 3.10. The largest absolute Gasteiger partial charge is 0.383 e. The van der Waals surface area contributed by atoms with Gasteiger partial charge >= 0.3 is 0 Å². The summed E-state index contributed by atoms with van der Waals surface area (Å²) in [6.45, 7) is 3.64. The number of halogens is 1. The zero-order chi connectivity index (χ0) is 13.5. The predicted octanol–water partition coefficient (Wildman–Crippen LogP) is 2.70. The maximum Gasteiger partial charge on any atom is 0.0637 e. The van der Waals surface area contributed by atoms with Gasteiger partial charge in [-0.3, -0.25) is 0 Å². The van der Waals surface area contributed by atoms with E-state index in [1.165, 1.54) is 5.56 Å². The van der Waals surface area contributed by atoms with Crippen molar-refractivity contribution in [3.8, 4) is 0 Å². The highest BCUT2D eigenvalue weighted by Crippen LogP contribution is 2.25. The van der Waals surface area contributed by atoms with Gasteiger partial charge in [0.05, 0.1) is 6.61 Å². The Hall–Kier alpha value is -0.770. The molecule has 0 amide bonds. The van der Waals surface area contributed by atoms with Crippen LogP contribution in [0.25, 0.3) is 0 Å². The standard InChI is InChI=1S/C14H23ClN2O/c1-4-13(16)9-11-5-6-12(15)10-14(11)17(2)7-8-18-3/h5-6,10,13H,4,7-9,16H2,1-3H3. The van der Waals surface area contributed by atoms with E-state index in [2.05, 4.69) is 17.9 Å². The molecule has 1 aromatic rings. The van der Waals surface area contributed by atoms with Crippen LogP contribution in [0.4, 0.5) is 5.69 Å². The lowest BCUT2D eigenvalue weighted by molar-refractivity contribution is 0.206. The van der Waals surface area contributed by atoms with Gasteiger partial charge in [-0.15, -0.1) is 0 Å². The Balaban J connectivity index is 2.88. The number of hydrogen-bond donors (Lipinski definition) is 1. The van der Waals surface area contributed by atoms with Gasteiger partial charge in [-0.1, -0.05) is 24.6 Å². The van der Waals surface area contributed by atoms with Crippen molar-refractivity contribution in [2.45, 2.75) is 25.8 Å². The molecule has 0 bridgehead atoms. The minimum absolute atomic E-state index is 0.195. The molecular weight excluding hydrogens is 248 g/mol. The fourth-order valence-corrected chi connectivity index (χ4v) is 2.01. The number of methoxy groups -OCH3 is 1. The topological polar surface area (TPSA) is 38.5 Å². The number of ether oxygens (including phenoxy) is 1. The first kappa shape index (κ1) is 15.3. The summed E-state index contributed by atoms with van der Waals surface area (Å²) in [7, 11) is 3.76. The summed E-state index contributed by atoms with van der Waals surface area (Å²) < 4.78 is 5.11. The molecule has 102 valence electrons. The second-order valence-electron chi connectivity index (χ2n) is 4.56. The lowest BCUT2D eigenvalue weighted by Crippen LogP contribution is -2.26. The molecule has 0 radical (unpaired) electrons. The third-order valence-corrected chi connectivity index (χ3v) is 3.33. The van der Waals surface area contributed by atoms with Crippen molar-refractivity contribution in [1.29, 1.82) is 0 Å². The Morgan fingerprint density at radius 1 is 1.44 bits per heavy atom. The maximum atomic E-state index is 6.08. The Morgan fingerprint density at radius 2 is 2.17 bits per heavy atom. The molecule has 1 rings (SSSR count). The van der Waals surface area contributed by atoms with E-state index in [0.717, 1.165) is 30.1 Å². The second-order valence-corrected chi connectivity index (χ2v) is 5.00. The lowest BCUT2D eigenvalue weighted by atomic mass is 10.0. The number of nitrogens with two attached hydrogens (primary N) is 1. The zero-order valence-electron chi connectivity index (χ0n) is 11.4. The Bertz CT molecular complexity index is 371. The molecule has 3 nitrogen and oxygen atoms in total. The Kier molecular flexibility index (Phi) is 6.47. The number of likely N-dealkylation sites (N-methyl/N-ethyl adjacent to an activating group) is 1. The number of hydrogen-bond acceptors (Lipinski definition) is 3. The number of nitrogens with zero attached hydrogens (tertiary/aromatic N) is 1. The van der Waals surface area contributed by atoms with Gasteiger partial charge in [0.15, 0.2) is 0 Å². The molecule has 0 aromatic heterocycles. The molecule has 0 saturated carbocycles. The molecule has 0 heterocycles. The van der Waals surface area contributed by atoms with E-state index in [1.54, 1.807) is 7.11 Å². The highest BCUT2D eigenvalue weighted by Gasteiger charge is 2.11. The molecule has 4 heteroatoms. The highest BCUT2D eigenvalue weighted by molar-refractivity contribution is 6.30. The van der Waals surface area contributed by atoms with Crippen molar-refractivity contribution < 1.29 is 4.74 Å². The normalized spacial score (nSPS) is 12.5. The van der Waals surface area contributed by atoms with Crippen molar-refractivity contribution in [2.24, 2.45) is 5.73 Å². The van der Waals surface area contributed by atoms with E-state index in [9.17, 15) is 0 Å². The van der Waals surface area contributed by atoms with Crippen molar-refractivity contribution in [3.05, 3.63) is 28.8 Å². The van der Waals surface area contributed by atoms with E-state index in [1.807, 2.05) is 19.2 Å². The predicted molar refractivity (Wildman–Crippen MR) is 78.6 cm³/mol. The van der Waals surface area contributed by atoms with Gasteiger partial charge in [0.25, 0.3) is 0 Å². The third kappa shape index (κ3) is 4.48. The van der Waals surface area contributed by atoms with Gasteiger partial charge in [-0.05, 0) is 30.5 Å². The monoisotopic (exact) mass is 270 g/mol. The van der Waals surface area contributed by atoms with Crippen LogP contribution in [0.1, 0.15) is 18.9 Å². The quantitative estimate of drug-likeness (QED) is 0.828. The number of anilines is 1. The average Bonchev–Trinajstić information content (AvgIpc) is 2.37. The molecule has 0 aliphatic carbocycles. The van der Waals surface area contributed by atoms with Gasteiger partial charge in [-0.2, -0.15) is 0 Å².